The van der Waals surface area contributed by atoms with Crippen molar-refractivity contribution in [3.05, 3.63) is 144 Å². The summed E-state index contributed by atoms with van der Waals surface area (Å²) in [5.41, 5.74) is 5.52. The molecule has 4 rings (SSSR count). The Labute approximate surface area is 200 Å². The summed E-state index contributed by atoms with van der Waals surface area (Å²) in [4.78, 5) is 0. The molecule has 0 heteroatoms. The van der Waals surface area contributed by atoms with Crippen molar-refractivity contribution < 1.29 is 0 Å². The van der Waals surface area contributed by atoms with Gasteiger partial charge < -0.3 is 0 Å². The fraction of sp³-hybridized carbons (Fsp3) is 0.273. The minimum Gasteiger partial charge on any atom is -0.0622 e. The third-order valence-electron chi connectivity index (χ3n) is 7.53. The van der Waals surface area contributed by atoms with Crippen LogP contribution in [0.1, 0.15) is 61.8 Å². The SMILES string of the molecule is CC(C)C(C(C)C)(C(c1ccccc1)c1ccccc1)C(c1ccccc1)c1ccccc1. The van der Waals surface area contributed by atoms with E-state index in [1.165, 1.54) is 22.3 Å². The van der Waals surface area contributed by atoms with Gasteiger partial charge in [0.05, 0.1) is 0 Å². The smallest absolute Gasteiger partial charge is 0.0160 e. The lowest BCUT2D eigenvalue weighted by atomic mass is 9.49. The summed E-state index contributed by atoms with van der Waals surface area (Å²) in [5.74, 6) is 1.39. The Morgan fingerprint density at radius 3 is 0.758 bits per heavy atom. The lowest BCUT2D eigenvalue weighted by molar-refractivity contribution is 0.0650. The van der Waals surface area contributed by atoms with Crippen LogP contribution in [-0.4, -0.2) is 0 Å². The molecule has 0 aliphatic rings. The first kappa shape index (κ1) is 23.1. The third kappa shape index (κ3) is 4.40. The van der Waals surface area contributed by atoms with E-state index in [2.05, 4.69) is 149 Å². The molecule has 0 N–H and O–H groups in total. The van der Waals surface area contributed by atoms with Crippen molar-refractivity contribution in [2.45, 2.75) is 39.5 Å². The van der Waals surface area contributed by atoms with Crippen molar-refractivity contribution in [2.24, 2.45) is 17.3 Å². The van der Waals surface area contributed by atoms with E-state index in [0.29, 0.717) is 11.8 Å². The van der Waals surface area contributed by atoms with Crippen molar-refractivity contribution in [1.82, 2.24) is 0 Å². The first-order valence-electron chi connectivity index (χ1n) is 12.3. The number of hydrogen-bond acceptors (Lipinski definition) is 0. The van der Waals surface area contributed by atoms with Gasteiger partial charge in [0, 0.05) is 11.8 Å². The fourth-order valence-electron chi connectivity index (χ4n) is 6.29. The zero-order valence-electron chi connectivity index (χ0n) is 20.4. The van der Waals surface area contributed by atoms with Crippen LogP contribution in [0, 0.1) is 17.3 Å². The largest absolute Gasteiger partial charge is 0.0622 e. The number of benzene rings is 4. The summed E-state index contributed by atoms with van der Waals surface area (Å²) < 4.78 is 0. The molecule has 0 nitrogen and oxygen atoms in total. The van der Waals surface area contributed by atoms with Crippen molar-refractivity contribution in [1.29, 1.82) is 0 Å². The molecule has 0 fully saturated rings. The van der Waals surface area contributed by atoms with Crippen molar-refractivity contribution in [2.75, 3.05) is 0 Å². The summed E-state index contributed by atoms with van der Waals surface area (Å²) in [6.45, 7) is 9.71. The van der Waals surface area contributed by atoms with E-state index in [1.54, 1.807) is 0 Å². The molecule has 0 bridgehead atoms. The Kier molecular flexibility index (Phi) is 7.14. The van der Waals surface area contributed by atoms with E-state index in [9.17, 15) is 0 Å². The van der Waals surface area contributed by atoms with Gasteiger partial charge in [-0.05, 0) is 39.5 Å². The maximum atomic E-state index is 2.43. The topological polar surface area (TPSA) is 0 Å². The molecule has 0 aliphatic carbocycles. The second-order valence-corrected chi connectivity index (χ2v) is 9.82. The van der Waals surface area contributed by atoms with Crippen molar-refractivity contribution >= 4 is 0 Å². The summed E-state index contributed by atoms with van der Waals surface area (Å²) >= 11 is 0. The normalized spacial score (nSPS) is 12.1. The van der Waals surface area contributed by atoms with Gasteiger partial charge >= 0.3 is 0 Å². The summed E-state index contributed by atoms with van der Waals surface area (Å²) in [5, 5.41) is 0. The molecule has 0 heterocycles. The van der Waals surface area contributed by atoms with Crippen LogP contribution in [0.25, 0.3) is 0 Å². The molecule has 0 saturated carbocycles. The van der Waals surface area contributed by atoms with Gasteiger partial charge in [-0.15, -0.1) is 0 Å². The molecule has 0 saturated heterocycles. The summed E-state index contributed by atoms with van der Waals surface area (Å²) in [7, 11) is 0. The average Bonchev–Trinajstić information content (AvgIpc) is 2.86. The first-order valence-corrected chi connectivity index (χ1v) is 12.3. The molecule has 0 aromatic heterocycles. The number of rotatable bonds is 8. The minimum atomic E-state index is -0.0502. The first-order chi connectivity index (χ1) is 16.1. The quantitative estimate of drug-likeness (QED) is 0.261. The van der Waals surface area contributed by atoms with Gasteiger partial charge in [-0.3, -0.25) is 0 Å². The van der Waals surface area contributed by atoms with Crippen LogP contribution in [0.5, 0.6) is 0 Å². The van der Waals surface area contributed by atoms with Crippen LogP contribution >= 0.6 is 0 Å². The van der Waals surface area contributed by atoms with E-state index < -0.39 is 0 Å². The maximum absolute atomic E-state index is 2.43. The standard InChI is InChI=1S/C33H36/c1-25(2)33(26(3)4,31(27-17-9-5-10-18-27)28-19-11-6-12-20-28)32(29-21-13-7-14-22-29)30-23-15-8-16-24-30/h5-26,31-32H,1-4H3. The van der Waals surface area contributed by atoms with Gasteiger partial charge in [0.15, 0.2) is 0 Å². The second-order valence-electron chi connectivity index (χ2n) is 9.82. The summed E-state index contributed by atoms with van der Waals surface area (Å²) in [6, 6.07) is 44.6. The Hall–Kier alpha value is -3.12. The lowest BCUT2D eigenvalue weighted by Gasteiger charge is -2.53. The van der Waals surface area contributed by atoms with Crippen molar-refractivity contribution in [3.8, 4) is 0 Å². The molecule has 4 aromatic carbocycles. The van der Waals surface area contributed by atoms with Gasteiger partial charge in [-0.1, -0.05) is 149 Å². The highest BCUT2D eigenvalue weighted by Gasteiger charge is 2.52. The Bertz CT molecular complexity index is 924. The molecular weight excluding hydrogens is 396 g/mol. The molecule has 0 spiro atoms. The highest BCUT2D eigenvalue weighted by Crippen LogP contribution is 2.60. The molecule has 0 radical (unpaired) electrons. The molecule has 33 heavy (non-hydrogen) atoms. The Morgan fingerprint density at radius 2 is 0.576 bits per heavy atom. The maximum Gasteiger partial charge on any atom is 0.0160 e. The van der Waals surface area contributed by atoms with Gasteiger partial charge in [0.1, 0.15) is 0 Å². The van der Waals surface area contributed by atoms with Crippen LogP contribution in [-0.2, 0) is 0 Å². The molecule has 0 aliphatic heterocycles. The van der Waals surface area contributed by atoms with E-state index in [0.717, 1.165) is 0 Å². The minimum absolute atomic E-state index is 0.0502. The van der Waals surface area contributed by atoms with Gasteiger partial charge in [-0.2, -0.15) is 0 Å². The van der Waals surface area contributed by atoms with Crippen LogP contribution in [0.4, 0.5) is 0 Å². The highest BCUT2D eigenvalue weighted by atomic mass is 14.5. The van der Waals surface area contributed by atoms with Crippen LogP contribution in [0.2, 0.25) is 0 Å². The van der Waals surface area contributed by atoms with E-state index in [-0.39, 0.29) is 17.3 Å². The zero-order valence-corrected chi connectivity index (χ0v) is 20.4. The monoisotopic (exact) mass is 432 g/mol. The van der Waals surface area contributed by atoms with Crippen LogP contribution in [0.15, 0.2) is 121 Å². The van der Waals surface area contributed by atoms with Crippen LogP contribution < -0.4 is 0 Å². The predicted octanol–water partition coefficient (Wildman–Crippen LogP) is 8.95. The van der Waals surface area contributed by atoms with Gasteiger partial charge in [0.2, 0.25) is 0 Å². The van der Waals surface area contributed by atoms with Gasteiger partial charge in [0.25, 0.3) is 0 Å². The third-order valence-corrected chi connectivity index (χ3v) is 7.53. The number of hydrogen-bond donors (Lipinski definition) is 0. The van der Waals surface area contributed by atoms with Crippen LogP contribution in [0.3, 0.4) is 0 Å². The Balaban J connectivity index is 2.09. The lowest BCUT2D eigenvalue weighted by Crippen LogP contribution is -2.45. The highest BCUT2D eigenvalue weighted by molar-refractivity contribution is 5.43. The zero-order chi connectivity index (χ0) is 23.3. The molecule has 168 valence electrons. The second kappa shape index (κ2) is 10.2. The van der Waals surface area contributed by atoms with Crippen molar-refractivity contribution in [3.63, 3.8) is 0 Å². The average molecular weight is 433 g/mol. The Morgan fingerprint density at radius 1 is 0.364 bits per heavy atom. The molecule has 0 atom stereocenters. The van der Waals surface area contributed by atoms with E-state index in [4.69, 9.17) is 0 Å². The van der Waals surface area contributed by atoms with E-state index >= 15 is 0 Å². The van der Waals surface area contributed by atoms with E-state index in [1.807, 2.05) is 0 Å². The fourth-order valence-corrected chi connectivity index (χ4v) is 6.29. The molecule has 4 aromatic rings. The predicted molar refractivity (Wildman–Crippen MR) is 142 cm³/mol. The molecular formula is C33H36. The molecule has 0 amide bonds. The van der Waals surface area contributed by atoms with Gasteiger partial charge in [-0.25, -0.2) is 0 Å². The summed E-state index contributed by atoms with van der Waals surface area (Å²) in [6.07, 6.45) is 0. The molecule has 0 unspecified atom stereocenters.